The Kier molecular flexibility index (Phi) is 2.09. The highest BCUT2D eigenvalue weighted by molar-refractivity contribution is 9.18. The average Bonchev–Trinajstić information content (AvgIpc) is 2.71. The maximum atomic E-state index is 5.68. The molecule has 1 heterocycles. The topological polar surface area (TPSA) is 21.6 Å². The first-order valence-electron chi connectivity index (χ1n) is 3.89. The molecule has 0 radical (unpaired) electrons. The molecule has 60 valence electrons. The molecule has 0 amide bonds. The van der Waals surface area contributed by atoms with Crippen molar-refractivity contribution in [3.63, 3.8) is 0 Å². The minimum Gasteiger partial charge on any atom is -0.370 e. The van der Waals surface area contributed by atoms with Gasteiger partial charge in [-0.25, -0.2) is 0 Å². The van der Waals surface area contributed by atoms with Crippen LogP contribution in [0.15, 0.2) is 17.3 Å². The van der Waals surface area contributed by atoms with Gasteiger partial charge in [0.05, 0.1) is 16.8 Å². The van der Waals surface area contributed by atoms with Crippen LogP contribution < -0.4 is 0 Å². The first-order valence-corrected chi connectivity index (χ1v) is 4.68. The maximum absolute atomic E-state index is 5.68. The van der Waals surface area contributed by atoms with Gasteiger partial charge >= 0.3 is 0 Å². The minimum absolute atomic E-state index is 0.259. The molecule has 0 N–H and O–H groups in total. The van der Waals surface area contributed by atoms with Crippen molar-refractivity contribution < 1.29 is 4.74 Å². The van der Waals surface area contributed by atoms with E-state index in [1.807, 2.05) is 6.08 Å². The molecule has 2 rings (SSSR count). The number of hydrogen-bond acceptors (Lipinski definition) is 2. The fraction of sp³-hybridized carbons (Fsp3) is 0.625. The van der Waals surface area contributed by atoms with Gasteiger partial charge < -0.3 is 4.74 Å². The van der Waals surface area contributed by atoms with E-state index in [-0.39, 0.29) is 6.10 Å². The van der Waals surface area contributed by atoms with Crippen LogP contribution >= 0.6 is 15.9 Å². The minimum atomic E-state index is 0.259. The van der Waals surface area contributed by atoms with E-state index in [0.29, 0.717) is 6.10 Å². The van der Waals surface area contributed by atoms with Crippen LogP contribution in [0.3, 0.4) is 0 Å². The van der Waals surface area contributed by atoms with Crippen LogP contribution in [0.25, 0.3) is 0 Å². The van der Waals surface area contributed by atoms with Crippen LogP contribution in [0.2, 0.25) is 0 Å². The van der Waals surface area contributed by atoms with Gasteiger partial charge in [-0.2, -0.15) is 0 Å². The molecule has 0 aromatic carbocycles. The maximum Gasteiger partial charge on any atom is 0.0858 e. The second kappa shape index (κ2) is 3.07. The van der Waals surface area contributed by atoms with Crippen LogP contribution in [0.5, 0.6) is 0 Å². The normalized spacial score (nSPS) is 30.3. The lowest BCUT2D eigenvalue weighted by atomic mass is 10.2. The number of hydrogen-bond donors (Lipinski definition) is 0. The zero-order chi connectivity index (χ0) is 7.68. The van der Waals surface area contributed by atoms with E-state index in [1.165, 1.54) is 12.8 Å². The summed E-state index contributed by atoms with van der Waals surface area (Å²) in [5.74, 6) is 0. The van der Waals surface area contributed by atoms with E-state index in [4.69, 9.17) is 4.74 Å². The lowest BCUT2D eigenvalue weighted by molar-refractivity contribution is 0.0755. The molecule has 0 aromatic heterocycles. The second-order valence-corrected chi connectivity index (χ2v) is 3.84. The molecule has 0 bridgehead atoms. The summed E-state index contributed by atoms with van der Waals surface area (Å²) in [7, 11) is 0. The summed E-state index contributed by atoms with van der Waals surface area (Å²) in [5.41, 5.74) is 0. The van der Waals surface area contributed by atoms with Crippen molar-refractivity contribution in [3.8, 4) is 0 Å². The molecule has 0 aromatic rings. The lowest BCUT2D eigenvalue weighted by Crippen LogP contribution is -2.16. The SMILES string of the molecule is BrC1=NC=CC(OC2CC2)C1. The van der Waals surface area contributed by atoms with Crippen molar-refractivity contribution >= 4 is 20.6 Å². The Morgan fingerprint density at radius 1 is 1.55 bits per heavy atom. The number of nitrogens with zero attached hydrogens (tertiary/aromatic N) is 1. The Morgan fingerprint density at radius 2 is 2.36 bits per heavy atom. The highest BCUT2D eigenvalue weighted by Crippen LogP contribution is 2.27. The summed E-state index contributed by atoms with van der Waals surface area (Å²) in [6.07, 6.45) is 7.98. The van der Waals surface area contributed by atoms with Gasteiger partial charge in [-0.1, -0.05) is 0 Å². The van der Waals surface area contributed by atoms with E-state index in [0.717, 1.165) is 11.0 Å². The van der Waals surface area contributed by atoms with Crippen LogP contribution in [0, 0.1) is 0 Å². The smallest absolute Gasteiger partial charge is 0.0858 e. The molecule has 1 unspecified atom stereocenters. The third kappa shape index (κ3) is 2.14. The van der Waals surface area contributed by atoms with Crippen LogP contribution in [0.1, 0.15) is 19.3 Å². The predicted molar refractivity (Wildman–Crippen MR) is 48.0 cm³/mol. The highest BCUT2D eigenvalue weighted by Gasteiger charge is 2.26. The van der Waals surface area contributed by atoms with Crippen molar-refractivity contribution in [2.45, 2.75) is 31.5 Å². The molecule has 2 aliphatic rings. The van der Waals surface area contributed by atoms with E-state index >= 15 is 0 Å². The van der Waals surface area contributed by atoms with Crippen LogP contribution in [-0.4, -0.2) is 16.8 Å². The predicted octanol–water partition coefficient (Wildman–Crippen LogP) is 2.24. The lowest BCUT2D eigenvalue weighted by Gasteiger charge is -2.14. The molecule has 1 saturated carbocycles. The van der Waals surface area contributed by atoms with E-state index in [1.54, 1.807) is 6.20 Å². The second-order valence-electron chi connectivity index (χ2n) is 2.92. The quantitative estimate of drug-likeness (QED) is 0.693. The standard InChI is InChI=1S/C8H10BrNO/c9-8-5-7(3-4-10-8)11-6-1-2-6/h3-4,6-7H,1-2,5H2. The van der Waals surface area contributed by atoms with Crippen molar-refractivity contribution in [2.24, 2.45) is 4.99 Å². The first kappa shape index (κ1) is 7.50. The molecule has 1 aliphatic heterocycles. The Labute approximate surface area is 74.5 Å². The Bertz CT molecular complexity index is 208. The molecule has 1 fully saturated rings. The number of aliphatic imine (C=N–C) groups is 1. The van der Waals surface area contributed by atoms with Gasteiger partial charge in [0.1, 0.15) is 0 Å². The number of halogens is 1. The van der Waals surface area contributed by atoms with Crippen molar-refractivity contribution in [1.82, 2.24) is 0 Å². The highest BCUT2D eigenvalue weighted by atomic mass is 79.9. The first-order chi connectivity index (χ1) is 5.34. The third-order valence-electron chi connectivity index (χ3n) is 1.78. The van der Waals surface area contributed by atoms with Gasteiger partial charge in [0.15, 0.2) is 0 Å². The van der Waals surface area contributed by atoms with Gasteiger partial charge in [0.25, 0.3) is 0 Å². The van der Waals surface area contributed by atoms with Gasteiger partial charge in [-0.05, 0) is 34.8 Å². The third-order valence-corrected chi connectivity index (χ3v) is 2.31. The molecular formula is C8H10BrNO. The van der Waals surface area contributed by atoms with Crippen LogP contribution in [0.4, 0.5) is 0 Å². The van der Waals surface area contributed by atoms with E-state index in [2.05, 4.69) is 20.9 Å². The molecule has 2 nitrogen and oxygen atoms in total. The van der Waals surface area contributed by atoms with E-state index < -0.39 is 0 Å². The summed E-state index contributed by atoms with van der Waals surface area (Å²) >= 11 is 3.36. The zero-order valence-electron chi connectivity index (χ0n) is 6.16. The molecule has 1 aliphatic carbocycles. The zero-order valence-corrected chi connectivity index (χ0v) is 7.75. The number of ether oxygens (including phenoxy) is 1. The fourth-order valence-electron chi connectivity index (χ4n) is 1.05. The van der Waals surface area contributed by atoms with Crippen LogP contribution in [-0.2, 0) is 4.74 Å². The Morgan fingerprint density at radius 3 is 3.00 bits per heavy atom. The Hall–Kier alpha value is -0.150. The molecule has 0 saturated heterocycles. The molecular weight excluding hydrogens is 206 g/mol. The monoisotopic (exact) mass is 215 g/mol. The Balaban J connectivity index is 1.86. The van der Waals surface area contributed by atoms with Gasteiger partial charge in [-0.3, -0.25) is 4.99 Å². The molecule has 0 spiro atoms. The van der Waals surface area contributed by atoms with E-state index in [9.17, 15) is 0 Å². The molecule has 11 heavy (non-hydrogen) atoms. The summed E-state index contributed by atoms with van der Waals surface area (Å²) in [4.78, 5) is 4.08. The van der Waals surface area contributed by atoms with Gasteiger partial charge in [0.2, 0.25) is 0 Å². The largest absolute Gasteiger partial charge is 0.370 e. The van der Waals surface area contributed by atoms with Crippen molar-refractivity contribution in [1.29, 1.82) is 0 Å². The summed E-state index contributed by atoms with van der Waals surface area (Å²) < 4.78 is 6.67. The van der Waals surface area contributed by atoms with Gasteiger partial charge in [-0.15, -0.1) is 0 Å². The number of rotatable bonds is 2. The summed E-state index contributed by atoms with van der Waals surface area (Å²) in [6, 6.07) is 0. The van der Waals surface area contributed by atoms with Gasteiger partial charge in [0, 0.05) is 12.6 Å². The fourth-order valence-corrected chi connectivity index (χ4v) is 1.49. The summed E-state index contributed by atoms with van der Waals surface area (Å²) in [6.45, 7) is 0. The molecule has 3 heteroatoms. The molecule has 1 atom stereocenters. The van der Waals surface area contributed by atoms with Crippen molar-refractivity contribution in [3.05, 3.63) is 12.3 Å². The van der Waals surface area contributed by atoms with Crippen molar-refractivity contribution in [2.75, 3.05) is 0 Å². The summed E-state index contributed by atoms with van der Waals surface area (Å²) in [5, 5.41) is 0. The average molecular weight is 216 g/mol.